The Morgan fingerprint density at radius 2 is 1.74 bits per heavy atom. The lowest BCUT2D eigenvalue weighted by molar-refractivity contribution is 0.355. The SMILES string of the molecule is COc1ccc(-c2cc(=O)[nH]c(=O)n2C)cc1OC. The Morgan fingerprint density at radius 1 is 1.05 bits per heavy atom. The number of hydrogen-bond donors (Lipinski definition) is 1. The van der Waals surface area contributed by atoms with E-state index in [0.717, 1.165) is 0 Å². The van der Waals surface area contributed by atoms with E-state index in [1.54, 1.807) is 32.4 Å². The Balaban J connectivity index is 2.66. The second-order valence-corrected chi connectivity index (χ2v) is 3.95. The first-order chi connectivity index (χ1) is 9.06. The van der Waals surface area contributed by atoms with Gasteiger partial charge in [-0.1, -0.05) is 0 Å². The van der Waals surface area contributed by atoms with Gasteiger partial charge in [0.25, 0.3) is 5.56 Å². The molecule has 0 saturated carbocycles. The van der Waals surface area contributed by atoms with Crippen molar-refractivity contribution >= 4 is 0 Å². The standard InChI is InChI=1S/C13H14N2O4/c1-15-9(7-12(16)14-13(15)17)8-4-5-10(18-2)11(6-8)19-3/h4-7H,1-3H3,(H,14,16,17). The minimum absolute atomic E-state index is 0.437. The molecular weight excluding hydrogens is 248 g/mol. The first kappa shape index (κ1) is 12.9. The minimum Gasteiger partial charge on any atom is -0.493 e. The maximum absolute atomic E-state index is 11.6. The molecule has 0 bridgehead atoms. The number of nitrogens with zero attached hydrogens (tertiary/aromatic N) is 1. The first-order valence-electron chi connectivity index (χ1n) is 5.59. The van der Waals surface area contributed by atoms with Crippen LogP contribution in [0.15, 0.2) is 33.9 Å². The monoisotopic (exact) mass is 262 g/mol. The zero-order valence-corrected chi connectivity index (χ0v) is 10.9. The number of aromatic nitrogens is 2. The molecule has 6 nitrogen and oxygen atoms in total. The van der Waals surface area contributed by atoms with E-state index >= 15 is 0 Å². The van der Waals surface area contributed by atoms with Crippen LogP contribution >= 0.6 is 0 Å². The Morgan fingerprint density at radius 3 is 2.37 bits per heavy atom. The first-order valence-corrected chi connectivity index (χ1v) is 5.59. The van der Waals surface area contributed by atoms with Crippen molar-refractivity contribution in [3.63, 3.8) is 0 Å². The van der Waals surface area contributed by atoms with Gasteiger partial charge in [0.1, 0.15) is 0 Å². The van der Waals surface area contributed by atoms with Crippen LogP contribution in [0.4, 0.5) is 0 Å². The van der Waals surface area contributed by atoms with Crippen molar-refractivity contribution in [3.8, 4) is 22.8 Å². The molecule has 0 atom stereocenters. The number of nitrogens with one attached hydrogen (secondary N) is 1. The lowest BCUT2D eigenvalue weighted by atomic mass is 10.1. The van der Waals surface area contributed by atoms with Crippen LogP contribution < -0.4 is 20.7 Å². The number of benzene rings is 1. The lowest BCUT2D eigenvalue weighted by Crippen LogP contribution is -2.28. The van der Waals surface area contributed by atoms with Gasteiger partial charge in [0.05, 0.1) is 19.9 Å². The quantitative estimate of drug-likeness (QED) is 0.886. The van der Waals surface area contributed by atoms with Crippen molar-refractivity contribution < 1.29 is 9.47 Å². The molecule has 0 unspecified atom stereocenters. The fourth-order valence-electron chi connectivity index (χ4n) is 1.83. The average molecular weight is 262 g/mol. The Kier molecular flexibility index (Phi) is 3.41. The van der Waals surface area contributed by atoms with Gasteiger partial charge in [-0.3, -0.25) is 14.3 Å². The van der Waals surface area contributed by atoms with Crippen LogP contribution in [0, 0.1) is 0 Å². The summed E-state index contributed by atoms with van der Waals surface area (Å²) in [7, 11) is 4.66. The number of H-pyrrole nitrogens is 1. The molecule has 2 aromatic rings. The van der Waals surface area contributed by atoms with Gasteiger partial charge in [-0.2, -0.15) is 0 Å². The van der Waals surface area contributed by atoms with E-state index in [4.69, 9.17) is 9.47 Å². The second kappa shape index (κ2) is 5.01. The summed E-state index contributed by atoms with van der Waals surface area (Å²) in [4.78, 5) is 25.1. The summed E-state index contributed by atoms with van der Waals surface area (Å²) in [6, 6.07) is 6.56. The Bertz CT molecular complexity index is 715. The van der Waals surface area contributed by atoms with Gasteiger partial charge in [0.2, 0.25) is 0 Å². The largest absolute Gasteiger partial charge is 0.493 e. The van der Waals surface area contributed by atoms with Crippen molar-refractivity contribution in [1.29, 1.82) is 0 Å². The molecule has 0 aliphatic carbocycles. The summed E-state index contributed by atoms with van der Waals surface area (Å²) in [5.74, 6) is 1.12. The fourth-order valence-corrected chi connectivity index (χ4v) is 1.83. The molecule has 2 rings (SSSR count). The third-order valence-electron chi connectivity index (χ3n) is 2.84. The highest BCUT2D eigenvalue weighted by atomic mass is 16.5. The van der Waals surface area contributed by atoms with E-state index in [9.17, 15) is 9.59 Å². The van der Waals surface area contributed by atoms with Crippen LogP contribution in [0.2, 0.25) is 0 Å². The third-order valence-corrected chi connectivity index (χ3v) is 2.84. The van der Waals surface area contributed by atoms with E-state index in [1.807, 2.05) is 0 Å². The van der Waals surface area contributed by atoms with Crippen LogP contribution in [-0.2, 0) is 7.05 Å². The topological polar surface area (TPSA) is 73.3 Å². The molecule has 0 saturated heterocycles. The molecule has 0 aliphatic rings. The maximum atomic E-state index is 11.6. The number of methoxy groups -OCH3 is 2. The molecule has 6 heteroatoms. The number of hydrogen-bond acceptors (Lipinski definition) is 4. The van der Waals surface area contributed by atoms with Crippen LogP contribution in [0.1, 0.15) is 0 Å². The molecule has 1 aromatic heterocycles. The number of rotatable bonds is 3. The summed E-state index contributed by atoms with van der Waals surface area (Å²) < 4.78 is 11.7. The molecule has 0 spiro atoms. The van der Waals surface area contributed by atoms with E-state index in [2.05, 4.69) is 4.98 Å². The van der Waals surface area contributed by atoms with Gasteiger partial charge in [-0.05, 0) is 18.2 Å². The van der Waals surface area contributed by atoms with E-state index in [1.165, 1.54) is 17.7 Å². The van der Waals surface area contributed by atoms with Gasteiger partial charge in [0.15, 0.2) is 11.5 Å². The highest BCUT2D eigenvalue weighted by Crippen LogP contribution is 2.31. The van der Waals surface area contributed by atoms with E-state index < -0.39 is 11.2 Å². The Hall–Kier alpha value is -2.50. The van der Waals surface area contributed by atoms with Crippen LogP contribution in [0.25, 0.3) is 11.3 Å². The van der Waals surface area contributed by atoms with Gasteiger partial charge >= 0.3 is 5.69 Å². The highest BCUT2D eigenvalue weighted by Gasteiger charge is 2.09. The van der Waals surface area contributed by atoms with Crippen LogP contribution in [0.5, 0.6) is 11.5 Å². The average Bonchev–Trinajstić information content (AvgIpc) is 2.42. The lowest BCUT2D eigenvalue weighted by Gasteiger charge is -2.11. The maximum Gasteiger partial charge on any atom is 0.328 e. The minimum atomic E-state index is -0.461. The molecular formula is C13H14N2O4. The molecule has 1 heterocycles. The van der Waals surface area contributed by atoms with E-state index in [-0.39, 0.29) is 0 Å². The van der Waals surface area contributed by atoms with Crippen LogP contribution in [-0.4, -0.2) is 23.8 Å². The summed E-state index contributed by atoms with van der Waals surface area (Å²) in [5, 5.41) is 0. The normalized spacial score (nSPS) is 10.3. The fraction of sp³-hybridized carbons (Fsp3) is 0.231. The summed E-state index contributed by atoms with van der Waals surface area (Å²) in [6.07, 6.45) is 0. The number of aromatic amines is 1. The number of ether oxygens (including phenoxy) is 2. The summed E-state index contributed by atoms with van der Waals surface area (Å²) >= 11 is 0. The van der Waals surface area contributed by atoms with Crippen molar-refractivity contribution in [2.45, 2.75) is 0 Å². The van der Waals surface area contributed by atoms with Crippen molar-refractivity contribution in [3.05, 3.63) is 45.1 Å². The van der Waals surface area contributed by atoms with Gasteiger partial charge in [-0.25, -0.2) is 4.79 Å². The molecule has 0 aliphatic heterocycles. The summed E-state index contributed by atoms with van der Waals surface area (Å²) in [5.41, 5.74) is 0.309. The molecule has 0 fully saturated rings. The third kappa shape index (κ3) is 2.37. The zero-order chi connectivity index (χ0) is 14.0. The van der Waals surface area contributed by atoms with Crippen molar-refractivity contribution in [2.75, 3.05) is 14.2 Å². The van der Waals surface area contributed by atoms with Crippen molar-refractivity contribution in [1.82, 2.24) is 9.55 Å². The highest BCUT2D eigenvalue weighted by molar-refractivity contribution is 5.64. The van der Waals surface area contributed by atoms with E-state index in [0.29, 0.717) is 22.8 Å². The summed E-state index contributed by atoms with van der Waals surface area (Å²) in [6.45, 7) is 0. The molecule has 1 aromatic carbocycles. The second-order valence-electron chi connectivity index (χ2n) is 3.95. The molecule has 0 radical (unpaired) electrons. The Labute approximate surface area is 109 Å². The predicted molar refractivity (Wildman–Crippen MR) is 70.8 cm³/mol. The van der Waals surface area contributed by atoms with Gasteiger partial charge in [-0.15, -0.1) is 0 Å². The molecule has 100 valence electrons. The molecule has 19 heavy (non-hydrogen) atoms. The predicted octanol–water partition coefficient (Wildman–Crippen LogP) is 0.758. The molecule has 1 N–H and O–H groups in total. The smallest absolute Gasteiger partial charge is 0.328 e. The van der Waals surface area contributed by atoms with Crippen LogP contribution in [0.3, 0.4) is 0 Å². The van der Waals surface area contributed by atoms with Crippen molar-refractivity contribution in [2.24, 2.45) is 7.05 Å². The molecule has 0 amide bonds. The zero-order valence-electron chi connectivity index (χ0n) is 10.9. The van der Waals surface area contributed by atoms with Gasteiger partial charge < -0.3 is 9.47 Å². The van der Waals surface area contributed by atoms with Gasteiger partial charge in [0, 0.05) is 18.7 Å².